The molecule has 0 saturated carbocycles. The number of hydrogen-bond acceptors (Lipinski definition) is 2. The molecule has 0 aliphatic carbocycles. The fourth-order valence-corrected chi connectivity index (χ4v) is 1.11. The molecule has 1 aliphatic heterocycles. The van der Waals surface area contributed by atoms with E-state index in [1.165, 1.54) is 0 Å². The number of nitrogens with one attached hydrogen (secondary N) is 1. The topological polar surface area (TPSA) is 66.4 Å². The summed E-state index contributed by atoms with van der Waals surface area (Å²) >= 11 is 0. The van der Waals surface area contributed by atoms with E-state index < -0.39 is 11.5 Å². The number of rotatable bonds is 2. The van der Waals surface area contributed by atoms with Crippen LogP contribution in [0.5, 0.6) is 0 Å². The van der Waals surface area contributed by atoms with E-state index in [9.17, 15) is 9.59 Å². The van der Waals surface area contributed by atoms with Gasteiger partial charge in [-0.3, -0.25) is 9.59 Å². The zero-order valence-corrected chi connectivity index (χ0v) is 5.68. The molecule has 0 aromatic heterocycles. The average molecular weight is 143 g/mol. The Morgan fingerprint density at radius 1 is 1.90 bits per heavy atom. The largest absolute Gasteiger partial charge is 0.481 e. The van der Waals surface area contributed by atoms with Crippen LogP contribution in [0.25, 0.3) is 0 Å². The zero-order chi connectivity index (χ0) is 7.78. The van der Waals surface area contributed by atoms with Gasteiger partial charge in [0.1, 0.15) is 0 Å². The molecule has 4 heteroatoms. The Kier molecular flexibility index (Phi) is 1.39. The monoisotopic (exact) mass is 143 g/mol. The van der Waals surface area contributed by atoms with Crippen LogP contribution < -0.4 is 5.32 Å². The fraction of sp³-hybridized carbons (Fsp3) is 0.667. The van der Waals surface area contributed by atoms with Crippen molar-refractivity contribution in [2.24, 2.45) is 0 Å². The van der Waals surface area contributed by atoms with Gasteiger partial charge in [-0.15, -0.1) is 0 Å². The lowest BCUT2D eigenvalue weighted by molar-refractivity contribution is -0.142. The molecule has 0 spiro atoms. The van der Waals surface area contributed by atoms with Crippen LogP contribution in [-0.4, -0.2) is 22.5 Å². The van der Waals surface area contributed by atoms with Gasteiger partial charge in [-0.25, -0.2) is 0 Å². The number of carbonyl (C=O) groups is 2. The van der Waals surface area contributed by atoms with Crippen LogP contribution in [0, 0.1) is 0 Å². The third-order valence-corrected chi connectivity index (χ3v) is 1.53. The van der Waals surface area contributed by atoms with Crippen LogP contribution in [0.1, 0.15) is 19.8 Å². The molecule has 4 nitrogen and oxygen atoms in total. The molecule has 0 radical (unpaired) electrons. The molecule has 1 amide bonds. The molecule has 0 aromatic carbocycles. The second kappa shape index (κ2) is 1.97. The number of carbonyl (C=O) groups excluding carboxylic acids is 1. The Hall–Kier alpha value is -1.06. The molecular weight excluding hydrogens is 134 g/mol. The summed E-state index contributed by atoms with van der Waals surface area (Å²) in [7, 11) is 0. The Labute approximate surface area is 58.2 Å². The van der Waals surface area contributed by atoms with E-state index in [2.05, 4.69) is 5.32 Å². The minimum absolute atomic E-state index is 0.0126. The van der Waals surface area contributed by atoms with E-state index in [1.54, 1.807) is 6.92 Å². The molecule has 1 fully saturated rings. The van der Waals surface area contributed by atoms with Crippen molar-refractivity contribution in [3.63, 3.8) is 0 Å². The molecule has 1 rings (SSSR count). The van der Waals surface area contributed by atoms with Crippen molar-refractivity contribution in [3.05, 3.63) is 0 Å². The molecule has 10 heavy (non-hydrogen) atoms. The van der Waals surface area contributed by atoms with Gasteiger partial charge in [-0.1, -0.05) is 0 Å². The van der Waals surface area contributed by atoms with Crippen molar-refractivity contribution in [2.45, 2.75) is 25.3 Å². The summed E-state index contributed by atoms with van der Waals surface area (Å²) in [5.41, 5.74) is -0.483. The average Bonchev–Trinajstić information content (AvgIpc) is 1.57. The molecule has 2 N–H and O–H groups in total. The van der Waals surface area contributed by atoms with E-state index in [0.717, 1.165) is 0 Å². The zero-order valence-electron chi connectivity index (χ0n) is 5.68. The molecule has 1 heterocycles. The Balaban J connectivity index is 2.41. The van der Waals surface area contributed by atoms with Crippen molar-refractivity contribution in [2.75, 3.05) is 0 Å². The van der Waals surface area contributed by atoms with Gasteiger partial charge in [0.2, 0.25) is 5.91 Å². The van der Waals surface area contributed by atoms with Gasteiger partial charge in [-0.05, 0) is 6.92 Å². The first-order valence-electron chi connectivity index (χ1n) is 3.05. The Bertz CT molecular complexity index is 179. The summed E-state index contributed by atoms with van der Waals surface area (Å²) in [6.07, 6.45) is 0.345. The maximum Gasteiger partial charge on any atom is 0.305 e. The third-order valence-electron chi connectivity index (χ3n) is 1.53. The summed E-state index contributed by atoms with van der Waals surface area (Å²) < 4.78 is 0. The maximum atomic E-state index is 10.4. The summed E-state index contributed by atoms with van der Waals surface area (Å²) in [6, 6.07) is 0. The highest BCUT2D eigenvalue weighted by Gasteiger charge is 2.39. The van der Waals surface area contributed by atoms with E-state index in [1.807, 2.05) is 0 Å². The van der Waals surface area contributed by atoms with Crippen LogP contribution in [-0.2, 0) is 9.59 Å². The quantitative estimate of drug-likeness (QED) is 0.523. The number of carboxylic acid groups (broad SMARTS) is 1. The highest BCUT2D eigenvalue weighted by molar-refractivity contribution is 5.86. The van der Waals surface area contributed by atoms with Crippen molar-refractivity contribution in [3.8, 4) is 0 Å². The number of amides is 1. The van der Waals surface area contributed by atoms with Gasteiger partial charge in [0, 0.05) is 6.42 Å². The van der Waals surface area contributed by atoms with Gasteiger partial charge in [0.05, 0.1) is 12.0 Å². The normalized spacial score (nSPS) is 30.7. The van der Waals surface area contributed by atoms with Gasteiger partial charge in [0.15, 0.2) is 0 Å². The molecule has 0 bridgehead atoms. The summed E-state index contributed by atoms with van der Waals surface area (Å²) in [5, 5.41) is 10.9. The minimum atomic E-state index is -0.873. The van der Waals surface area contributed by atoms with Crippen molar-refractivity contribution in [1.82, 2.24) is 5.32 Å². The van der Waals surface area contributed by atoms with Crippen LogP contribution in [0.2, 0.25) is 0 Å². The molecule has 1 aliphatic rings. The molecule has 1 atom stereocenters. The molecule has 0 aromatic rings. The first-order valence-corrected chi connectivity index (χ1v) is 3.05. The summed E-state index contributed by atoms with van der Waals surface area (Å²) in [5.74, 6) is -0.939. The van der Waals surface area contributed by atoms with Gasteiger partial charge >= 0.3 is 5.97 Å². The van der Waals surface area contributed by atoms with Crippen LogP contribution >= 0.6 is 0 Å². The number of carboxylic acids is 1. The highest BCUT2D eigenvalue weighted by Crippen LogP contribution is 2.22. The number of aliphatic carboxylic acids is 1. The highest BCUT2D eigenvalue weighted by atomic mass is 16.4. The lowest BCUT2D eigenvalue weighted by atomic mass is 9.86. The first-order chi connectivity index (χ1) is 4.52. The molecule has 56 valence electrons. The second-order valence-electron chi connectivity index (χ2n) is 2.86. The van der Waals surface area contributed by atoms with Crippen LogP contribution in [0.4, 0.5) is 0 Å². The van der Waals surface area contributed by atoms with E-state index >= 15 is 0 Å². The Morgan fingerprint density at radius 2 is 2.40 bits per heavy atom. The number of β-lactam (4-membered cyclic amide) rings is 1. The molecule has 1 saturated heterocycles. The smallest absolute Gasteiger partial charge is 0.305 e. The summed E-state index contributed by atoms with van der Waals surface area (Å²) in [4.78, 5) is 20.6. The van der Waals surface area contributed by atoms with Crippen LogP contribution in [0.15, 0.2) is 0 Å². The van der Waals surface area contributed by atoms with Gasteiger partial charge in [-0.2, -0.15) is 0 Å². The number of hydrogen-bond donors (Lipinski definition) is 2. The SMILES string of the molecule is C[C@]1(CC(=O)O)CC(=O)N1. The van der Waals surface area contributed by atoms with Crippen molar-refractivity contribution >= 4 is 11.9 Å². The Morgan fingerprint density at radius 3 is 2.70 bits per heavy atom. The van der Waals surface area contributed by atoms with E-state index in [4.69, 9.17) is 5.11 Å². The second-order valence-corrected chi connectivity index (χ2v) is 2.86. The first kappa shape index (κ1) is 7.05. The van der Waals surface area contributed by atoms with Crippen LogP contribution in [0.3, 0.4) is 0 Å². The lowest BCUT2D eigenvalue weighted by Crippen LogP contribution is -2.59. The third kappa shape index (κ3) is 1.26. The molecular formula is C6H9NO3. The van der Waals surface area contributed by atoms with Gasteiger partial charge in [0.25, 0.3) is 0 Å². The van der Waals surface area contributed by atoms with E-state index in [0.29, 0.717) is 6.42 Å². The van der Waals surface area contributed by atoms with Gasteiger partial charge < -0.3 is 10.4 Å². The van der Waals surface area contributed by atoms with Crippen molar-refractivity contribution < 1.29 is 14.7 Å². The lowest BCUT2D eigenvalue weighted by Gasteiger charge is -2.37. The predicted molar refractivity (Wildman–Crippen MR) is 33.4 cm³/mol. The van der Waals surface area contributed by atoms with E-state index in [-0.39, 0.29) is 12.3 Å². The van der Waals surface area contributed by atoms with Crippen molar-refractivity contribution in [1.29, 1.82) is 0 Å². The fourth-order valence-electron chi connectivity index (χ4n) is 1.11. The minimum Gasteiger partial charge on any atom is -0.481 e. The maximum absolute atomic E-state index is 10.4. The standard InChI is InChI=1S/C6H9NO3/c1-6(3-5(9)10)2-4(8)7-6/h2-3H2,1H3,(H,7,8)(H,9,10)/t6-/m1/s1. The summed E-state index contributed by atoms with van der Waals surface area (Å²) in [6.45, 7) is 1.72. The molecule has 0 unspecified atom stereocenters. The predicted octanol–water partition coefficient (Wildman–Crippen LogP) is -0.260.